The second-order valence-corrected chi connectivity index (χ2v) is 13.1. The monoisotopic (exact) mass is 626 g/mol. The van der Waals surface area contributed by atoms with Crippen LogP contribution < -0.4 is 4.74 Å². The van der Waals surface area contributed by atoms with Crippen molar-refractivity contribution >= 4 is 5.97 Å². The molecule has 11 heteroatoms. The molecule has 2 aromatic carbocycles. The fourth-order valence-corrected chi connectivity index (χ4v) is 7.97. The quantitative estimate of drug-likeness (QED) is 0.135. The van der Waals surface area contributed by atoms with Gasteiger partial charge in [0.1, 0.15) is 5.75 Å². The van der Waals surface area contributed by atoms with Crippen LogP contribution >= 0.6 is 0 Å². The molecule has 2 saturated carbocycles. The first-order valence-electron chi connectivity index (χ1n) is 15.4. The van der Waals surface area contributed by atoms with E-state index in [-0.39, 0.29) is 23.2 Å². The third kappa shape index (κ3) is 5.53. The number of fused-ring (bicyclic) bond motifs is 3. The number of carbonyl (C=O) groups excluding carboxylic acids is 1. The Labute approximate surface area is 252 Å². The summed E-state index contributed by atoms with van der Waals surface area (Å²) < 4.78 is 107. The molecule has 0 amide bonds. The normalized spacial score (nSPS) is 33.8. The minimum Gasteiger partial charge on any atom is -0.426 e. The van der Waals surface area contributed by atoms with E-state index in [1.807, 2.05) is 0 Å². The summed E-state index contributed by atoms with van der Waals surface area (Å²) >= 11 is 0. The molecule has 240 valence electrons. The summed E-state index contributed by atoms with van der Waals surface area (Å²) in [6.45, 7) is 3.69. The molecule has 3 aliphatic heterocycles. The summed E-state index contributed by atoms with van der Waals surface area (Å²) in [7, 11) is 0. The van der Waals surface area contributed by atoms with Gasteiger partial charge in [-0.05, 0) is 87.3 Å². The lowest BCUT2D eigenvalue weighted by Crippen LogP contribution is -2.63. The number of hydrogen-bond acceptors (Lipinski definition) is 5. The summed E-state index contributed by atoms with van der Waals surface area (Å²) in [6, 6.07) is 3.31. The lowest BCUT2D eigenvalue weighted by atomic mass is 9.58. The number of rotatable bonds is 7. The lowest BCUT2D eigenvalue weighted by molar-refractivity contribution is -0.489. The molecule has 44 heavy (non-hydrogen) atoms. The highest BCUT2D eigenvalue weighted by molar-refractivity contribution is 5.80. The molecule has 2 aliphatic carbocycles. The Kier molecular flexibility index (Phi) is 8.51. The van der Waals surface area contributed by atoms with E-state index < -0.39 is 58.0 Å². The third-order valence-electron chi connectivity index (χ3n) is 10.5. The predicted molar refractivity (Wildman–Crippen MR) is 145 cm³/mol. The van der Waals surface area contributed by atoms with Crippen molar-refractivity contribution in [2.75, 3.05) is 19.8 Å². The summed E-state index contributed by atoms with van der Waals surface area (Å²) in [5.74, 6) is -11.5. The maximum absolute atomic E-state index is 14.0. The van der Waals surface area contributed by atoms with E-state index in [0.717, 1.165) is 25.0 Å². The summed E-state index contributed by atoms with van der Waals surface area (Å²) in [4.78, 5) is 13.9. The van der Waals surface area contributed by atoms with Crippen LogP contribution in [0.3, 0.4) is 0 Å². The average molecular weight is 627 g/mol. The van der Waals surface area contributed by atoms with Crippen LogP contribution in [0.15, 0.2) is 24.3 Å². The van der Waals surface area contributed by atoms with E-state index in [9.17, 15) is 31.1 Å². The van der Waals surface area contributed by atoms with Crippen LogP contribution in [0.1, 0.15) is 82.6 Å². The van der Waals surface area contributed by atoms with Crippen molar-refractivity contribution in [1.29, 1.82) is 0 Å². The van der Waals surface area contributed by atoms with Crippen LogP contribution in [0.4, 0.5) is 26.3 Å². The van der Waals surface area contributed by atoms with Crippen molar-refractivity contribution in [3.05, 3.63) is 64.7 Å². The second kappa shape index (κ2) is 11.9. The highest BCUT2D eigenvalue weighted by Crippen LogP contribution is 2.56. The molecule has 2 bridgehead atoms. The first-order chi connectivity index (χ1) is 21.0. The van der Waals surface area contributed by atoms with Gasteiger partial charge in [0, 0.05) is 23.5 Å². The molecular weight excluding hydrogens is 590 g/mol. The second-order valence-electron chi connectivity index (χ2n) is 13.1. The molecule has 0 N–H and O–H groups in total. The van der Waals surface area contributed by atoms with E-state index >= 15 is 0 Å². The number of carbonyl (C=O) groups is 1. The van der Waals surface area contributed by atoms with E-state index in [0.29, 0.717) is 88.9 Å². The largest absolute Gasteiger partial charge is 0.426 e. The van der Waals surface area contributed by atoms with Gasteiger partial charge in [-0.25, -0.2) is 26.3 Å². The molecule has 0 radical (unpaired) electrons. The number of ether oxygens (including phenoxy) is 4. The Morgan fingerprint density at radius 2 is 1.25 bits per heavy atom. The van der Waals surface area contributed by atoms with Gasteiger partial charge in [-0.15, -0.1) is 0 Å². The fourth-order valence-electron chi connectivity index (χ4n) is 7.97. The zero-order valence-electron chi connectivity index (χ0n) is 24.5. The number of hydrogen-bond donors (Lipinski definition) is 0. The van der Waals surface area contributed by atoms with Crippen molar-refractivity contribution in [2.24, 2.45) is 22.7 Å². The summed E-state index contributed by atoms with van der Waals surface area (Å²) in [5.41, 5.74) is -0.849. The van der Waals surface area contributed by atoms with Gasteiger partial charge in [-0.2, -0.15) is 0 Å². The van der Waals surface area contributed by atoms with Gasteiger partial charge >= 0.3 is 5.97 Å². The van der Waals surface area contributed by atoms with E-state index in [1.165, 1.54) is 0 Å². The van der Waals surface area contributed by atoms with Gasteiger partial charge in [0.15, 0.2) is 34.9 Å². The molecule has 5 nitrogen and oxygen atoms in total. The minimum atomic E-state index is -1.66. The molecule has 7 rings (SSSR count). The zero-order chi connectivity index (χ0) is 31.3. The molecule has 2 aromatic rings. The first kappa shape index (κ1) is 31.4. The highest BCUT2D eigenvalue weighted by atomic mass is 19.2. The number of benzene rings is 2. The van der Waals surface area contributed by atoms with Gasteiger partial charge < -0.3 is 18.9 Å². The van der Waals surface area contributed by atoms with Crippen molar-refractivity contribution < 1.29 is 50.1 Å². The molecule has 3 heterocycles. The Balaban J connectivity index is 1.21. The summed E-state index contributed by atoms with van der Waals surface area (Å²) in [5, 5.41) is 0. The fraction of sp³-hybridized carbons (Fsp3) is 0.606. The zero-order valence-corrected chi connectivity index (χ0v) is 24.5. The van der Waals surface area contributed by atoms with Crippen LogP contribution in [-0.2, 0) is 19.0 Å². The smallest absolute Gasteiger partial charge is 0.317 e. The maximum atomic E-state index is 14.0. The van der Waals surface area contributed by atoms with Crippen LogP contribution in [0.25, 0.3) is 0 Å². The van der Waals surface area contributed by atoms with Crippen LogP contribution in [-0.4, -0.2) is 31.8 Å². The summed E-state index contributed by atoms with van der Waals surface area (Å²) in [6.07, 6.45) is 5.60. The maximum Gasteiger partial charge on any atom is 0.317 e. The van der Waals surface area contributed by atoms with Crippen molar-refractivity contribution in [2.45, 2.75) is 83.0 Å². The molecule has 3 saturated heterocycles. The Hall–Kier alpha value is -2.63. The molecule has 0 aromatic heterocycles. The van der Waals surface area contributed by atoms with Crippen molar-refractivity contribution in [3.8, 4) is 5.75 Å². The van der Waals surface area contributed by atoms with Gasteiger partial charge in [-0.1, -0.05) is 13.3 Å². The topological polar surface area (TPSA) is 54.0 Å². The van der Waals surface area contributed by atoms with E-state index in [2.05, 4.69) is 6.92 Å². The highest BCUT2D eigenvalue weighted by Gasteiger charge is 2.59. The van der Waals surface area contributed by atoms with Gasteiger partial charge in [0.2, 0.25) is 0 Å². The SMILES string of the molecule is CCCC12COC(C3CCC(C(=O)Oc4cc(F)c(F)c(F)c4)(C4CCC(c5cc(F)c(F)c(F)c5)CC4)CC3)(OC1)OC2. The molecule has 0 unspecified atom stereocenters. The van der Waals surface area contributed by atoms with Crippen LogP contribution in [0, 0.1) is 57.6 Å². The Morgan fingerprint density at radius 1 is 0.750 bits per heavy atom. The van der Waals surface area contributed by atoms with Gasteiger partial charge in [0.25, 0.3) is 5.97 Å². The molecule has 5 fully saturated rings. The number of esters is 1. The Bertz CT molecular complexity index is 1330. The minimum absolute atomic E-state index is 0.159. The molecule has 0 spiro atoms. The average Bonchev–Trinajstić information content (AvgIpc) is 3.03. The van der Waals surface area contributed by atoms with Gasteiger partial charge in [0.05, 0.1) is 25.2 Å². The van der Waals surface area contributed by atoms with Crippen LogP contribution in [0.5, 0.6) is 5.75 Å². The predicted octanol–water partition coefficient (Wildman–Crippen LogP) is 8.09. The van der Waals surface area contributed by atoms with Crippen molar-refractivity contribution in [1.82, 2.24) is 0 Å². The number of halogens is 6. The molecule has 0 atom stereocenters. The van der Waals surface area contributed by atoms with Crippen molar-refractivity contribution in [3.63, 3.8) is 0 Å². The van der Waals surface area contributed by atoms with Crippen LogP contribution in [0.2, 0.25) is 0 Å². The lowest BCUT2D eigenvalue weighted by Gasteiger charge is -2.56. The molecular formula is C33H36F6O5. The Morgan fingerprint density at radius 3 is 1.75 bits per heavy atom. The third-order valence-corrected chi connectivity index (χ3v) is 10.5. The first-order valence-corrected chi connectivity index (χ1v) is 15.4. The van der Waals surface area contributed by atoms with E-state index in [4.69, 9.17) is 18.9 Å². The standard InChI is InChI=1S/C33H36F6O5/c1-2-9-31-16-41-33(42-17-31,43-18-31)22-7-10-32(11-8-22,30(40)44-23-14-26(36)29(39)27(37)15-23)21-5-3-19(4-6-21)20-12-24(34)28(38)25(35)13-20/h12-15,19,21-22H,2-11,16-18H2,1H3. The molecule has 5 aliphatic rings. The van der Waals surface area contributed by atoms with Gasteiger partial charge in [-0.3, -0.25) is 4.79 Å². The van der Waals surface area contributed by atoms with E-state index in [1.54, 1.807) is 0 Å².